The Hall–Kier alpha value is -3.63. The summed E-state index contributed by atoms with van der Waals surface area (Å²) < 4.78 is 40.7. The number of piperidine rings is 1. The summed E-state index contributed by atoms with van der Waals surface area (Å²) in [7, 11) is -3.72. The molecule has 1 amide bonds. The number of anilines is 1. The van der Waals surface area contributed by atoms with Crippen molar-refractivity contribution in [3.05, 3.63) is 82.3 Å². The predicted molar refractivity (Wildman–Crippen MR) is 127 cm³/mol. The minimum absolute atomic E-state index is 0.00793. The second-order valence-corrected chi connectivity index (χ2v) is 11.0. The molecule has 1 saturated heterocycles. The Morgan fingerprint density at radius 3 is 2.57 bits per heavy atom. The van der Waals surface area contributed by atoms with Crippen molar-refractivity contribution in [3.63, 3.8) is 0 Å². The van der Waals surface area contributed by atoms with Gasteiger partial charge in [0.2, 0.25) is 16.8 Å². The van der Waals surface area contributed by atoms with Gasteiger partial charge < -0.3 is 19.4 Å². The van der Waals surface area contributed by atoms with Gasteiger partial charge in [-0.15, -0.1) is 0 Å². The highest BCUT2D eigenvalue weighted by Gasteiger charge is 2.39. The monoisotopic (exact) mass is 493 g/mol. The highest BCUT2D eigenvalue weighted by atomic mass is 32.2. The van der Waals surface area contributed by atoms with Gasteiger partial charge in [-0.1, -0.05) is 6.07 Å². The van der Waals surface area contributed by atoms with Crippen LogP contribution in [0.15, 0.2) is 70.4 Å². The fourth-order valence-electron chi connectivity index (χ4n) is 5.15. The fourth-order valence-corrected chi connectivity index (χ4v) is 6.71. The molecule has 3 aliphatic heterocycles. The molecule has 10 heteroatoms. The lowest BCUT2D eigenvalue weighted by atomic mass is 9.84. The maximum absolute atomic E-state index is 13.4. The first-order valence-corrected chi connectivity index (χ1v) is 12.8. The number of amides is 1. The fraction of sp³-hybridized carbons (Fsp3) is 0.280. The van der Waals surface area contributed by atoms with Gasteiger partial charge >= 0.3 is 0 Å². The SMILES string of the molecule is O=C(Nc1ccc(S(=O)(=O)N2C[C@@H]3C[C@@H](C2)c2cccc(=O)n2C3)cc1)c1ccc2c(c1)OCO2. The van der Waals surface area contributed by atoms with Gasteiger partial charge in [-0.05, 0) is 60.9 Å². The number of hydrogen-bond acceptors (Lipinski definition) is 6. The molecule has 9 nitrogen and oxygen atoms in total. The molecule has 2 bridgehead atoms. The van der Waals surface area contributed by atoms with Crippen LogP contribution in [0.2, 0.25) is 0 Å². The van der Waals surface area contributed by atoms with Crippen molar-refractivity contribution in [2.45, 2.75) is 23.8 Å². The van der Waals surface area contributed by atoms with E-state index in [0.717, 1.165) is 12.1 Å². The Morgan fingerprint density at radius 2 is 1.74 bits per heavy atom. The largest absolute Gasteiger partial charge is 0.454 e. The van der Waals surface area contributed by atoms with Gasteiger partial charge in [-0.3, -0.25) is 9.59 Å². The van der Waals surface area contributed by atoms with E-state index in [1.807, 2.05) is 6.07 Å². The lowest BCUT2D eigenvalue weighted by Gasteiger charge is -2.42. The number of benzene rings is 2. The van der Waals surface area contributed by atoms with E-state index in [4.69, 9.17) is 9.47 Å². The maximum Gasteiger partial charge on any atom is 0.255 e. The number of rotatable bonds is 4. The normalized spacial score (nSPS) is 20.8. The molecule has 1 fully saturated rings. The van der Waals surface area contributed by atoms with Crippen LogP contribution >= 0.6 is 0 Å². The van der Waals surface area contributed by atoms with Crippen LogP contribution in [0.3, 0.4) is 0 Å². The average Bonchev–Trinajstić information content (AvgIpc) is 3.33. The molecule has 35 heavy (non-hydrogen) atoms. The first-order valence-electron chi connectivity index (χ1n) is 11.4. The van der Waals surface area contributed by atoms with E-state index in [0.29, 0.717) is 42.4 Å². The molecule has 180 valence electrons. The summed E-state index contributed by atoms with van der Waals surface area (Å²) in [6.07, 6.45) is 0.875. The molecule has 2 aromatic carbocycles. The Labute approximate surface area is 201 Å². The number of aromatic nitrogens is 1. The van der Waals surface area contributed by atoms with E-state index >= 15 is 0 Å². The van der Waals surface area contributed by atoms with E-state index in [2.05, 4.69) is 5.32 Å². The number of hydrogen-bond donors (Lipinski definition) is 1. The molecular weight excluding hydrogens is 470 g/mol. The van der Waals surface area contributed by atoms with E-state index in [9.17, 15) is 18.0 Å². The molecule has 0 radical (unpaired) electrons. The second kappa shape index (κ2) is 8.24. The van der Waals surface area contributed by atoms with Crippen LogP contribution in [0.4, 0.5) is 5.69 Å². The zero-order chi connectivity index (χ0) is 24.2. The molecule has 2 atom stereocenters. The highest BCUT2D eigenvalue weighted by Crippen LogP contribution is 2.37. The summed E-state index contributed by atoms with van der Waals surface area (Å²) in [5, 5.41) is 2.78. The van der Waals surface area contributed by atoms with E-state index in [-0.39, 0.29) is 35.0 Å². The third-order valence-corrected chi connectivity index (χ3v) is 8.68. The summed E-state index contributed by atoms with van der Waals surface area (Å²) in [4.78, 5) is 25.0. The van der Waals surface area contributed by atoms with Gasteiger partial charge in [-0.2, -0.15) is 4.31 Å². The van der Waals surface area contributed by atoms with Gasteiger partial charge in [0.05, 0.1) is 4.90 Å². The summed E-state index contributed by atoms with van der Waals surface area (Å²) in [6, 6.07) is 16.3. The second-order valence-electron chi connectivity index (χ2n) is 9.07. The van der Waals surface area contributed by atoms with Crippen LogP contribution in [0.1, 0.15) is 28.4 Å². The van der Waals surface area contributed by atoms with Crippen LogP contribution in [0, 0.1) is 5.92 Å². The summed E-state index contributed by atoms with van der Waals surface area (Å²) in [6.45, 7) is 1.37. The number of nitrogens with one attached hydrogen (secondary N) is 1. The first-order chi connectivity index (χ1) is 16.9. The average molecular weight is 494 g/mol. The first kappa shape index (κ1) is 21.9. The molecule has 1 aromatic heterocycles. The van der Waals surface area contributed by atoms with Crippen molar-refractivity contribution in [1.82, 2.24) is 8.87 Å². The highest BCUT2D eigenvalue weighted by molar-refractivity contribution is 7.89. The molecule has 3 aliphatic rings. The van der Waals surface area contributed by atoms with Crippen molar-refractivity contribution in [1.29, 1.82) is 0 Å². The van der Waals surface area contributed by atoms with Gasteiger partial charge in [0.1, 0.15) is 0 Å². The Balaban J connectivity index is 1.18. The van der Waals surface area contributed by atoms with Crippen LogP contribution in [-0.2, 0) is 16.6 Å². The van der Waals surface area contributed by atoms with Gasteiger partial charge in [0, 0.05) is 48.6 Å². The van der Waals surface area contributed by atoms with Crippen LogP contribution in [0.5, 0.6) is 11.5 Å². The number of sulfonamides is 1. The molecular formula is C25H23N3O6S. The van der Waals surface area contributed by atoms with E-state index < -0.39 is 10.0 Å². The lowest BCUT2D eigenvalue weighted by Crippen LogP contribution is -2.48. The van der Waals surface area contributed by atoms with Crippen LogP contribution in [-0.4, -0.2) is 43.1 Å². The zero-order valence-corrected chi connectivity index (χ0v) is 19.5. The molecule has 3 aromatic rings. The smallest absolute Gasteiger partial charge is 0.255 e. The predicted octanol–water partition coefficient (Wildman–Crippen LogP) is 2.64. The summed E-state index contributed by atoms with van der Waals surface area (Å²) >= 11 is 0. The maximum atomic E-state index is 13.4. The van der Waals surface area contributed by atoms with Crippen molar-refractivity contribution in [2.75, 3.05) is 25.2 Å². The standard InChI is InChI=1S/C25H23N3O6S/c29-24-3-1-2-21-18-10-16(13-28(21)24)12-27(14-18)35(31,32)20-7-5-19(6-8-20)26-25(30)17-4-9-22-23(11-17)34-15-33-22/h1-9,11,16,18H,10,12-15H2,(H,26,30)/t16-,18-/m0/s1. The number of pyridine rings is 1. The Bertz CT molecular complexity index is 1480. The molecule has 0 unspecified atom stereocenters. The molecule has 0 aliphatic carbocycles. The minimum atomic E-state index is -3.72. The molecule has 1 N–H and O–H groups in total. The van der Waals surface area contributed by atoms with Crippen molar-refractivity contribution in [2.24, 2.45) is 5.92 Å². The molecule has 6 rings (SSSR count). The minimum Gasteiger partial charge on any atom is -0.454 e. The van der Waals surface area contributed by atoms with Gasteiger partial charge in [0.15, 0.2) is 11.5 Å². The Morgan fingerprint density at radius 1 is 0.943 bits per heavy atom. The molecule has 4 heterocycles. The third kappa shape index (κ3) is 3.88. The number of fused-ring (bicyclic) bond motifs is 5. The number of ether oxygens (including phenoxy) is 2. The Kier molecular flexibility index (Phi) is 5.15. The lowest BCUT2D eigenvalue weighted by molar-refractivity contribution is 0.102. The van der Waals surface area contributed by atoms with Crippen molar-refractivity contribution >= 4 is 21.6 Å². The van der Waals surface area contributed by atoms with E-state index in [1.165, 1.54) is 16.4 Å². The zero-order valence-electron chi connectivity index (χ0n) is 18.7. The van der Waals surface area contributed by atoms with E-state index in [1.54, 1.807) is 47.0 Å². The van der Waals surface area contributed by atoms with Crippen molar-refractivity contribution in [3.8, 4) is 11.5 Å². The van der Waals surface area contributed by atoms with Crippen LogP contribution < -0.4 is 20.3 Å². The van der Waals surface area contributed by atoms with Crippen LogP contribution in [0.25, 0.3) is 0 Å². The van der Waals surface area contributed by atoms with Gasteiger partial charge in [-0.25, -0.2) is 8.42 Å². The molecule has 0 spiro atoms. The van der Waals surface area contributed by atoms with Crippen molar-refractivity contribution < 1.29 is 22.7 Å². The van der Waals surface area contributed by atoms with Gasteiger partial charge in [0.25, 0.3) is 11.5 Å². The molecule has 0 saturated carbocycles. The topological polar surface area (TPSA) is 107 Å². The number of nitrogens with zero attached hydrogens (tertiary/aromatic N) is 2. The number of carbonyl (C=O) groups is 1. The number of carbonyl (C=O) groups excluding carboxylic acids is 1. The summed E-state index contributed by atoms with van der Waals surface area (Å²) in [5.41, 5.74) is 1.75. The summed E-state index contributed by atoms with van der Waals surface area (Å²) in [5.74, 6) is 0.853. The quantitative estimate of drug-likeness (QED) is 0.599. The third-order valence-electron chi connectivity index (χ3n) is 6.83.